The minimum absolute atomic E-state index is 0.0642. The molecule has 3 heterocycles. The molecule has 1 aliphatic heterocycles. The molecule has 1 amide bonds. The number of fused-ring (bicyclic) bond motifs is 1. The number of nitrogens with two attached hydrogens (primary N) is 1. The van der Waals surface area contributed by atoms with Crippen molar-refractivity contribution in [3.8, 4) is 0 Å². The minimum atomic E-state index is -1.19. The molecule has 1 aromatic carbocycles. The number of amides is 1. The standard InChI is InChI=1S/C17H18N6O4/c18-6-10-12(24)13(25)17(27-10)23-8-21-11-14(19-7-20-15(11)23)22-16(26)9-4-2-1-3-5-9/h1-5,7-8,10,12-13,17,24-25H,6,18H2,(H,19,20,22,26)/t10-,12+,13?,17-/m1/s1. The quantitative estimate of drug-likeness (QED) is 0.487. The number of nitrogens with zero attached hydrogens (tertiary/aromatic N) is 4. The summed E-state index contributed by atoms with van der Waals surface area (Å²) < 4.78 is 7.11. The van der Waals surface area contributed by atoms with Crippen molar-refractivity contribution >= 4 is 22.9 Å². The second-order valence-electron chi connectivity index (χ2n) is 6.15. The van der Waals surface area contributed by atoms with Crippen molar-refractivity contribution in [2.45, 2.75) is 24.5 Å². The van der Waals surface area contributed by atoms with Gasteiger partial charge in [0.15, 0.2) is 23.2 Å². The van der Waals surface area contributed by atoms with Crippen LogP contribution in [-0.2, 0) is 4.74 Å². The van der Waals surface area contributed by atoms with Gasteiger partial charge in [-0.2, -0.15) is 0 Å². The van der Waals surface area contributed by atoms with Gasteiger partial charge in [-0.3, -0.25) is 9.36 Å². The summed E-state index contributed by atoms with van der Waals surface area (Å²) in [6.07, 6.45) is -1.20. The Bertz CT molecular complexity index is 962. The van der Waals surface area contributed by atoms with Crippen LogP contribution >= 0.6 is 0 Å². The van der Waals surface area contributed by atoms with Crippen LogP contribution in [0.4, 0.5) is 5.82 Å². The number of hydrogen-bond donors (Lipinski definition) is 4. The van der Waals surface area contributed by atoms with Crippen molar-refractivity contribution in [1.29, 1.82) is 0 Å². The molecule has 0 spiro atoms. The van der Waals surface area contributed by atoms with E-state index >= 15 is 0 Å². The summed E-state index contributed by atoms with van der Waals surface area (Å²) in [5.41, 5.74) is 6.72. The summed E-state index contributed by atoms with van der Waals surface area (Å²) in [4.78, 5) is 24.9. The Hall–Kier alpha value is -2.92. The van der Waals surface area contributed by atoms with Gasteiger partial charge in [0.25, 0.3) is 5.91 Å². The first-order valence-electron chi connectivity index (χ1n) is 8.35. The molecular weight excluding hydrogens is 352 g/mol. The van der Waals surface area contributed by atoms with Crippen molar-refractivity contribution in [2.24, 2.45) is 5.73 Å². The largest absolute Gasteiger partial charge is 0.387 e. The summed E-state index contributed by atoms with van der Waals surface area (Å²) in [5.74, 6) is -0.100. The van der Waals surface area contributed by atoms with Gasteiger partial charge in [0, 0.05) is 12.1 Å². The predicted octanol–water partition coefficient (Wildman–Crippen LogP) is -0.344. The number of ether oxygens (including phenoxy) is 1. The maximum Gasteiger partial charge on any atom is 0.256 e. The van der Waals surface area contributed by atoms with Crippen molar-refractivity contribution in [3.63, 3.8) is 0 Å². The smallest absolute Gasteiger partial charge is 0.256 e. The number of aliphatic hydroxyl groups is 2. The van der Waals surface area contributed by atoms with Gasteiger partial charge in [0.05, 0.1) is 6.33 Å². The van der Waals surface area contributed by atoms with Crippen molar-refractivity contribution in [3.05, 3.63) is 48.5 Å². The second kappa shape index (κ2) is 7.00. The molecule has 3 aromatic rings. The van der Waals surface area contributed by atoms with E-state index in [1.807, 2.05) is 6.07 Å². The molecule has 1 fully saturated rings. The van der Waals surface area contributed by atoms with Gasteiger partial charge in [-0.05, 0) is 12.1 Å². The summed E-state index contributed by atoms with van der Waals surface area (Å²) in [6, 6.07) is 8.71. The number of nitrogens with one attached hydrogen (secondary N) is 1. The first kappa shape index (κ1) is 17.5. The number of imidazole rings is 1. The topological polar surface area (TPSA) is 148 Å². The molecule has 0 radical (unpaired) electrons. The van der Waals surface area contributed by atoms with E-state index < -0.39 is 24.5 Å². The minimum Gasteiger partial charge on any atom is -0.387 e. The van der Waals surface area contributed by atoms with E-state index in [1.54, 1.807) is 24.3 Å². The van der Waals surface area contributed by atoms with Gasteiger partial charge < -0.3 is 26.0 Å². The third-order valence-electron chi connectivity index (χ3n) is 4.47. The summed E-state index contributed by atoms with van der Waals surface area (Å²) in [7, 11) is 0. The third-order valence-corrected chi connectivity index (χ3v) is 4.47. The van der Waals surface area contributed by atoms with Gasteiger partial charge in [0.2, 0.25) is 0 Å². The van der Waals surface area contributed by atoms with E-state index in [2.05, 4.69) is 20.3 Å². The molecule has 0 saturated carbocycles. The average molecular weight is 370 g/mol. The number of carbonyl (C=O) groups excluding carboxylic acids is 1. The van der Waals surface area contributed by atoms with Crippen LogP contribution in [-0.4, -0.2) is 60.5 Å². The highest BCUT2D eigenvalue weighted by molar-refractivity contribution is 6.06. The Labute approximate surface area is 153 Å². The SMILES string of the molecule is NC[C@H]1O[C@@H](n2cnc3c(NC(=O)c4ccccc4)ncnc32)C(O)[C@H]1O. The first-order chi connectivity index (χ1) is 13.1. The Morgan fingerprint density at radius 2 is 1.96 bits per heavy atom. The molecule has 2 aromatic heterocycles. The zero-order valence-electron chi connectivity index (χ0n) is 14.1. The molecule has 1 aliphatic rings. The third kappa shape index (κ3) is 3.04. The van der Waals surface area contributed by atoms with Crippen molar-refractivity contribution in [1.82, 2.24) is 19.5 Å². The maximum absolute atomic E-state index is 12.4. The zero-order chi connectivity index (χ0) is 19.0. The number of hydrogen-bond acceptors (Lipinski definition) is 8. The molecule has 10 heteroatoms. The van der Waals surface area contributed by atoms with E-state index in [9.17, 15) is 15.0 Å². The van der Waals surface area contributed by atoms with Gasteiger partial charge in [0.1, 0.15) is 24.6 Å². The number of aromatic nitrogens is 4. The normalized spacial score (nSPS) is 25.0. The first-order valence-corrected chi connectivity index (χ1v) is 8.35. The molecule has 1 saturated heterocycles. The molecule has 140 valence electrons. The highest BCUT2D eigenvalue weighted by Gasteiger charge is 2.43. The summed E-state index contributed by atoms with van der Waals surface area (Å²) in [5, 5.41) is 23.0. The lowest BCUT2D eigenvalue weighted by Gasteiger charge is -2.16. The number of anilines is 1. The van der Waals surface area contributed by atoms with Crippen LogP contribution in [0.15, 0.2) is 43.0 Å². The monoisotopic (exact) mass is 370 g/mol. The fourth-order valence-corrected chi connectivity index (χ4v) is 3.05. The van der Waals surface area contributed by atoms with E-state index in [1.165, 1.54) is 17.2 Å². The number of aliphatic hydroxyl groups excluding tert-OH is 2. The highest BCUT2D eigenvalue weighted by Crippen LogP contribution is 2.31. The van der Waals surface area contributed by atoms with Gasteiger partial charge in [-0.15, -0.1) is 0 Å². The highest BCUT2D eigenvalue weighted by atomic mass is 16.6. The van der Waals surface area contributed by atoms with E-state index in [4.69, 9.17) is 10.5 Å². The van der Waals surface area contributed by atoms with Crippen LogP contribution in [0, 0.1) is 0 Å². The van der Waals surface area contributed by atoms with Crippen LogP contribution in [0.5, 0.6) is 0 Å². The van der Waals surface area contributed by atoms with E-state index in [-0.39, 0.29) is 18.3 Å². The summed E-state index contributed by atoms with van der Waals surface area (Å²) >= 11 is 0. The molecule has 1 unspecified atom stereocenters. The van der Waals surface area contributed by atoms with Gasteiger partial charge in [-0.1, -0.05) is 18.2 Å². The van der Waals surface area contributed by atoms with Crippen molar-refractivity contribution in [2.75, 3.05) is 11.9 Å². The number of benzene rings is 1. The zero-order valence-corrected chi connectivity index (χ0v) is 14.1. The van der Waals surface area contributed by atoms with Crippen molar-refractivity contribution < 1.29 is 19.7 Å². The fraction of sp³-hybridized carbons (Fsp3) is 0.294. The number of carbonyl (C=O) groups is 1. The Balaban J connectivity index is 1.65. The van der Waals surface area contributed by atoms with Crippen LogP contribution in [0.1, 0.15) is 16.6 Å². The molecule has 4 rings (SSSR count). The molecule has 5 N–H and O–H groups in total. The lowest BCUT2D eigenvalue weighted by atomic mass is 10.1. The Morgan fingerprint density at radius 3 is 2.67 bits per heavy atom. The molecule has 0 bridgehead atoms. The molecule has 4 atom stereocenters. The Kier molecular flexibility index (Phi) is 4.54. The molecule has 0 aliphatic carbocycles. The number of rotatable bonds is 4. The van der Waals surface area contributed by atoms with Gasteiger partial charge >= 0.3 is 0 Å². The van der Waals surface area contributed by atoms with Crippen LogP contribution < -0.4 is 11.1 Å². The van der Waals surface area contributed by atoms with E-state index in [0.717, 1.165) is 0 Å². The van der Waals surface area contributed by atoms with Gasteiger partial charge in [-0.25, -0.2) is 15.0 Å². The molecular formula is C17H18N6O4. The van der Waals surface area contributed by atoms with E-state index in [0.29, 0.717) is 16.7 Å². The van der Waals surface area contributed by atoms with Crippen LogP contribution in [0.2, 0.25) is 0 Å². The predicted molar refractivity (Wildman–Crippen MR) is 94.7 cm³/mol. The summed E-state index contributed by atoms with van der Waals surface area (Å²) in [6.45, 7) is 0.0642. The fourth-order valence-electron chi connectivity index (χ4n) is 3.05. The molecule has 10 nitrogen and oxygen atoms in total. The Morgan fingerprint density at radius 1 is 1.19 bits per heavy atom. The maximum atomic E-state index is 12.4. The lowest BCUT2D eigenvalue weighted by Crippen LogP contribution is -2.35. The average Bonchev–Trinajstić information content (AvgIpc) is 3.25. The lowest BCUT2D eigenvalue weighted by molar-refractivity contribution is -0.0322. The van der Waals surface area contributed by atoms with Crippen LogP contribution in [0.3, 0.4) is 0 Å². The van der Waals surface area contributed by atoms with Crippen LogP contribution in [0.25, 0.3) is 11.2 Å². The second-order valence-corrected chi connectivity index (χ2v) is 6.15. The molecule has 27 heavy (non-hydrogen) atoms.